The van der Waals surface area contributed by atoms with Crippen LogP contribution in [0.4, 0.5) is 4.39 Å². The zero-order valence-corrected chi connectivity index (χ0v) is 11.6. The van der Waals surface area contributed by atoms with Crippen LogP contribution in [0.15, 0.2) is 58.8 Å². The smallest absolute Gasteiger partial charge is 0.199 e. The van der Waals surface area contributed by atoms with E-state index in [0.717, 1.165) is 5.41 Å². The number of hydrogen-bond acceptors (Lipinski definition) is 3. The van der Waals surface area contributed by atoms with Crippen molar-refractivity contribution in [3.63, 3.8) is 0 Å². The van der Waals surface area contributed by atoms with Gasteiger partial charge in [0.2, 0.25) is 0 Å². The molecule has 0 saturated heterocycles. The predicted molar refractivity (Wildman–Crippen MR) is 75.6 cm³/mol. The van der Waals surface area contributed by atoms with Crippen LogP contribution in [0.25, 0.3) is 6.08 Å². The summed E-state index contributed by atoms with van der Waals surface area (Å²) in [5, 5.41) is 0.986. The molecular formula is C15H13FO3S. The monoisotopic (exact) mass is 292 g/mol. The minimum Gasteiger partial charge on any atom is -0.497 e. The summed E-state index contributed by atoms with van der Waals surface area (Å²) in [4.78, 5) is 0.101. The fraction of sp³-hybridized carbons (Fsp3) is 0.0667. The third-order valence-corrected chi connectivity index (χ3v) is 4.11. The number of halogens is 1. The molecule has 0 aliphatic carbocycles. The van der Waals surface area contributed by atoms with Gasteiger partial charge in [0.1, 0.15) is 11.6 Å². The SMILES string of the molecule is COc1cccc(S(=O)(=O)/C=C/c2ccccc2F)c1. The van der Waals surface area contributed by atoms with Crippen molar-refractivity contribution in [2.75, 3.05) is 7.11 Å². The summed E-state index contributed by atoms with van der Waals surface area (Å²) in [5.74, 6) is -0.0186. The molecule has 0 heterocycles. The fourth-order valence-electron chi connectivity index (χ4n) is 1.63. The maximum Gasteiger partial charge on any atom is 0.199 e. The van der Waals surface area contributed by atoms with E-state index in [2.05, 4.69) is 0 Å². The molecule has 0 aromatic heterocycles. The molecule has 0 spiro atoms. The van der Waals surface area contributed by atoms with E-state index in [1.54, 1.807) is 24.3 Å². The Bertz CT molecular complexity index is 736. The van der Waals surface area contributed by atoms with Gasteiger partial charge in [0, 0.05) is 11.0 Å². The highest BCUT2D eigenvalue weighted by Crippen LogP contribution is 2.20. The van der Waals surface area contributed by atoms with Gasteiger partial charge in [0.05, 0.1) is 12.0 Å². The van der Waals surface area contributed by atoms with Crippen molar-refractivity contribution in [1.29, 1.82) is 0 Å². The highest BCUT2D eigenvalue weighted by molar-refractivity contribution is 7.94. The molecule has 0 aliphatic rings. The maximum atomic E-state index is 13.4. The first-order chi connectivity index (χ1) is 9.53. The van der Waals surface area contributed by atoms with Crippen LogP contribution in [-0.4, -0.2) is 15.5 Å². The second kappa shape index (κ2) is 5.88. The lowest BCUT2D eigenvalue weighted by molar-refractivity contribution is 0.413. The third kappa shape index (κ3) is 3.24. The molecule has 0 saturated carbocycles. The molecule has 2 aromatic rings. The Kier molecular flexibility index (Phi) is 4.20. The highest BCUT2D eigenvalue weighted by atomic mass is 32.2. The van der Waals surface area contributed by atoms with E-state index in [0.29, 0.717) is 5.75 Å². The topological polar surface area (TPSA) is 43.4 Å². The molecule has 0 atom stereocenters. The van der Waals surface area contributed by atoms with Crippen molar-refractivity contribution in [2.24, 2.45) is 0 Å². The van der Waals surface area contributed by atoms with Crippen molar-refractivity contribution >= 4 is 15.9 Å². The molecule has 0 amide bonds. The largest absolute Gasteiger partial charge is 0.497 e. The zero-order valence-electron chi connectivity index (χ0n) is 10.8. The Morgan fingerprint density at radius 1 is 1.10 bits per heavy atom. The molecule has 0 fully saturated rings. The lowest BCUT2D eigenvalue weighted by atomic mass is 10.2. The summed E-state index contributed by atoms with van der Waals surface area (Å²) in [6.07, 6.45) is 1.24. The van der Waals surface area contributed by atoms with Gasteiger partial charge in [-0.1, -0.05) is 24.3 Å². The predicted octanol–water partition coefficient (Wildman–Crippen LogP) is 3.28. The van der Waals surface area contributed by atoms with E-state index < -0.39 is 15.7 Å². The molecule has 0 N–H and O–H groups in total. The van der Waals surface area contributed by atoms with Crippen LogP contribution < -0.4 is 4.74 Å². The van der Waals surface area contributed by atoms with Crippen LogP contribution in [-0.2, 0) is 9.84 Å². The van der Waals surface area contributed by atoms with E-state index in [4.69, 9.17) is 4.74 Å². The molecule has 0 aliphatic heterocycles. The average Bonchev–Trinajstić information content (AvgIpc) is 2.46. The Morgan fingerprint density at radius 3 is 2.55 bits per heavy atom. The number of benzene rings is 2. The maximum absolute atomic E-state index is 13.4. The van der Waals surface area contributed by atoms with Crippen LogP contribution in [0.3, 0.4) is 0 Å². The summed E-state index contributed by atoms with van der Waals surface area (Å²) in [6.45, 7) is 0. The van der Waals surface area contributed by atoms with Crippen molar-refractivity contribution in [2.45, 2.75) is 4.90 Å². The van der Waals surface area contributed by atoms with Crippen molar-refractivity contribution in [3.05, 3.63) is 65.3 Å². The van der Waals surface area contributed by atoms with E-state index in [-0.39, 0.29) is 10.5 Å². The van der Waals surface area contributed by atoms with E-state index in [1.807, 2.05) is 0 Å². The summed E-state index contributed by atoms with van der Waals surface area (Å²) < 4.78 is 42.6. The van der Waals surface area contributed by atoms with E-state index >= 15 is 0 Å². The molecule has 3 nitrogen and oxygen atoms in total. The number of sulfone groups is 1. The molecule has 104 valence electrons. The number of ether oxygens (including phenoxy) is 1. The van der Waals surface area contributed by atoms with Gasteiger partial charge in [0.15, 0.2) is 9.84 Å². The lowest BCUT2D eigenvalue weighted by Crippen LogP contribution is -1.97. The first kappa shape index (κ1) is 14.3. The fourth-order valence-corrected chi connectivity index (χ4v) is 2.66. The molecule has 0 radical (unpaired) electrons. The van der Waals surface area contributed by atoms with Gasteiger partial charge in [0.25, 0.3) is 0 Å². The standard InChI is InChI=1S/C15H13FO3S/c1-19-13-6-4-7-14(11-13)20(17,18)10-9-12-5-2-3-8-15(12)16/h2-11H,1H3/b10-9+. The Labute approximate surface area is 117 Å². The second-order valence-electron chi connectivity index (χ2n) is 4.05. The number of hydrogen-bond donors (Lipinski definition) is 0. The normalized spacial score (nSPS) is 11.7. The van der Waals surface area contributed by atoms with Crippen LogP contribution >= 0.6 is 0 Å². The summed E-state index contributed by atoms with van der Waals surface area (Å²) >= 11 is 0. The van der Waals surface area contributed by atoms with Gasteiger partial charge >= 0.3 is 0 Å². The van der Waals surface area contributed by atoms with Crippen molar-refractivity contribution in [3.8, 4) is 5.75 Å². The van der Waals surface area contributed by atoms with Crippen LogP contribution in [0, 0.1) is 5.82 Å². The molecule has 5 heteroatoms. The molecule has 0 unspecified atom stereocenters. The third-order valence-electron chi connectivity index (χ3n) is 2.70. The quantitative estimate of drug-likeness (QED) is 0.868. The summed E-state index contributed by atoms with van der Waals surface area (Å²) in [6, 6.07) is 12.1. The van der Waals surface area contributed by atoms with E-state index in [9.17, 15) is 12.8 Å². The van der Waals surface area contributed by atoms with Gasteiger partial charge < -0.3 is 4.74 Å². The zero-order chi connectivity index (χ0) is 14.6. The van der Waals surface area contributed by atoms with Gasteiger partial charge in [-0.2, -0.15) is 0 Å². The number of rotatable bonds is 4. The first-order valence-corrected chi connectivity index (χ1v) is 7.39. The molecular weight excluding hydrogens is 279 g/mol. The number of methoxy groups -OCH3 is 1. The molecule has 0 bridgehead atoms. The summed E-state index contributed by atoms with van der Waals surface area (Å²) in [7, 11) is -2.18. The first-order valence-electron chi connectivity index (χ1n) is 5.85. The summed E-state index contributed by atoms with van der Waals surface area (Å²) in [5.41, 5.74) is 0.221. The van der Waals surface area contributed by atoms with Crippen LogP contribution in [0.5, 0.6) is 5.75 Å². The lowest BCUT2D eigenvalue weighted by Gasteiger charge is -2.03. The minimum absolute atomic E-state index is 0.101. The molecule has 2 aromatic carbocycles. The van der Waals surface area contributed by atoms with Crippen LogP contribution in [0.2, 0.25) is 0 Å². The van der Waals surface area contributed by atoms with Gasteiger partial charge in [-0.05, 0) is 30.3 Å². The highest BCUT2D eigenvalue weighted by Gasteiger charge is 2.11. The van der Waals surface area contributed by atoms with Crippen molar-refractivity contribution in [1.82, 2.24) is 0 Å². The molecule has 2 rings (SSSR count). The van der Waals surface area contributed by atoms with Gasteiger partial charge in [-0.3, -0.25) is 0 Å². The Balaban J connectivity index is 2.34. The van der Waals surface area contributed by atoms with Gasteiger partial charge in [-0.15, -0.1) is 0 Å². The average molecular weight is 292 g/mol. The second-order valence-corrected chi connectivity index (χ2v) is 5.88. The molecule has 20 heavy (non-hydrogen) atoms. The van der Waals surface area contributed by atoms with Gasteiger partial charge in [-0.25, -0.2) is 12.8 Å². The Morgan fingerprint density at radius 2 is 1.85 bits per heavy atom. The Hall–Kier alpha value is -2.14. The van der Waals surface area contributed by atoms with Crippen LogP contribution in [0.1, 0.15) is 5.56 Å². The van der Waals surface area contributed by atoms with Crippen molar-refractivity contribution < 1.29 is 17.5 Å². The minimum atomic E-state index is -3.64. The van der Waals surface area contributed by atoms with E-state index in [1.165, 1.54) is 37.5 Å².